The maximum atomic E-state index is 13.8. The molecule has 0 spiro atoms. The van der Waals surface area contributed by atoms with Gasteiger partial charge in [0.25, 0.3) is 0 Å². The van der Waals surface area contributed by atoms with E-state index >= 15 is 0 Å². The number of nitrogens with zero attached hydrogens (tertiary/aromatic N) is 1. The molecule has 8 aromatic carbocycles. The van der Waals surface area contributed by atoms with Gasteiger partial charge in [0.2, 0.25) is 0 Å². The van der Waals surface area contributed by atoms with E-state index < -0.39 is 11.9 Å². The molecule has 8 aromatic rings. The Labute approximate surface area is 363 Å². The van der Waals surface area contributed by atoms with Gasteiger partial charge in [0.05, 0.1) is 24.3 Å². The van der Waals surface area contributed by atoms with Crippen LogP contribution in [0.5, 0.6) is 0 Å². The van der Waals surface area contributed by atoms with E-state index in [1.54, 1.807) is 26.0 Å². The maximum absolute atomic E-state index is 13.8. The normalized spacial score (nSPS) is 12.3. The van der Waals surface area contributed by atoms with Gasteiger partial charge in [-0.1, -0.05) is 153 Å². The number of esters is 2. The van der Waals surface area contributed by atoms with Crippen LogP contribution in [-0.2, 0) is 14.9 Å². The molecule has 5 nitrogen and oxygen atoms in total. The standard InChI is InChI=1S/C57H47NO4/c1-5-61-55(59)51-37-50(52(56(60)62-6-2)36-49(51)40-19-11-8-12-20-40)46-22-14-13-21-45(46)41-27-31-43(32-28-41)58(42-29-25-39(26-30-42)38-17-9-7-10-18-38)44-33-34-48-47-23-15-16-24-53(47)57(3,4)54(48)35-44/h7-37H,5-6H2,1-4H3. The van der Waals surface area contributed by atoms with Crippen LogP contribution in [0.2, 0.25) is 0 Å². The molecule has 5 heteroatoms. The van der Waals surface area contributed by atoms with Crippen molar-refractivity contribution in [1.29, 1.82) is 0 Å². The van der Waals surface area contributed by atoms with Gasteiger partial charge in [0.15, 0.2) is 0 Å². The highest BCUT2D eigenvalue weighted by atomic mass is 16.5. The number of carbonyl (C=O) groups is 2. The van der Waals surface area contributed by atoms with Crippen molar-refractivity contribution < 1.29 is 19.1 Å². The Kier molecular flexibility index (Phi) is 10.9. The highest BCUT2D eigenvalue weighted by Crippen LogP contribution is 2.51. The molecule has 0 saturated heterocycles. The molecule has 0 aliphatic heterocycles. The summed E-state index contributed by atoms with van der Waals surface area (Å²) in [4.78, 5) is 29.7. The Morgan fingerprint density at radius 1 is 0.403 bits per heavy atom. The van der Waals surface area contributed by atoms with Gasteiger partial charge in [0.1, 0.15) is 0 Å². The van der Waals surface area contributed by atoms with Gasteiger partial charge in [0, 0.05) is 22.5 Å². The van der Waals surface area contributed by atoms with E-state index in [0.717, 1.165) is 44.9 Å². The molecule has 1 aliphatic carbocycles. The Hall–Kier alpha value is -7.50. The Balaban J connectivity index is 1.16. The van der Waals surface area contributed by atoms with E-state index in [4.69, 9.17) is 9.47 Å². The van der Waals surface area contributed by atoms with Crippen LogP contribution >= 0.6 is 0 Å². The van der Waals surface area contributed by atoms with E-state index in [0.29, 0.717) is 22.3 Å². The minimum atomic E-state index is -0.463. The third-order valence-corrected chi connectivity index (χ3v) is 11.9. The zero-order valence-electron chi connectivity index (χ0n) is 35.4. The predicted octanol–water partition coefficient (Wildman–Crippen LogP) is 14.5. The number of benzene rings is 8. The van der Waals surface area contributed by atoms with Crippen LogP contribution in [0.3, 0.4) is 0 Å². The molecule has 0 heterocycles. The van der Waals surface area contributed by atoms with Gasteiger partial charge >= 0.3 is 11.9 Å². The highest BCUT2D eigenvalue weighted by molar-refractivity contribution is 6.06. The van der Waals surface area contributed by atoms with Gasteiger partial charge in [-0.2, -0.15) is 0 Å². The third-order valence-electron chi connectivity index (χ3n) is 11.9. The molecule has 0 radical (unpaired) electrons. The molecule has 1 aliphatic rings. The minimum Gasteiger partial charge on any atom is -0.462 e. The lowest BCUT2D eigenvalue weighted by atomic mass is 9.82. The van der Waals surface area contributed by atoms with Gasteiger partial charge in [-0.05, 0) is 129 Å². The number of hydrogen-bond donors (Lipinski definition) is 0. The SMILES string of the molecule is CCOC(=O)c1cc(-c2ccccc2-c2ccc(N(c3ccc(-c4ccccc4)cc3)c3ccc4c(c3)C(C)(C)c3ccccc3-4)cc2)c(C(=O)OCC)cc1-c1ccccc1. The van der Waals surface area contributed by atoms with Crippen LogP contribution < -0.4 is 4.90 Å². The summed E-state index contributed by atoms with van der Waals surface area (Å²) in [6.07, 6.45) is 0. The first-order chi connectivity index (χ1) is 30.3. The molecule has 0 unspecified atom stereocenters. The number of hydrogen-bond acceptors (Lipinski definition) is 5. The van der Waals surface area contributed by atoms with Gasteiger partial charge < -0.3 is 14.4 Å². The molecule has 9 rings (SSSR count). The van der Waals surface area contributed by atoms with Gasteiger partial charge in [-0.25, -0.2) is 9.59 Å². The summed E-state index contributed by atoms with van der Waals surface area (Å²) >= 11 is 0. The van der Waals surface area contributed by atoms with E-state index in [1.165, 1.54) is 27.8 Å². The summed E-state index contributed by atoms with van der Waals surface area (Å²) in [6, 6.07) is 64.4. The number of anilines is 3. The van der Waals surface area contributed by atoms with Crippen molar-refractivity contribution in [2.45, 2.75) is 33.1 Å². The van der Waals surface area contributed by atoms with Crippen molar-refractivity contribution in [2.24, 2.45) is 0 Å². The van der Waals surface area contributed by atoms with Crippen LogP contribution in [0, 0.1) is 0 Å². The Morgan fingerprint density at radius 2 is 0.839 bits per heavy atom. The van der Waals surface area contributed by atoms with E-state index in [1.807, 2.05) is 54.6 Å². The number of ether oxygens (including phenoxy) is 2. The Bertz CT molecular complexity index is 2920. The Morgan fingerprint density at radius 3 is 1.45 bits per heavy atom. The number of rotatable bonds is 11. The largest absolute Gasteiger partial charge is 0.462 e. The number of fused-ring (bicyclic) bond motifs is 3. The molecule has 0 atom stereocenters. The second-order valence-corrected chi connectivity index (χ2v) is 16.0. The predicted molar refractivity (Wildman–Crippen MR) is 252 cm³/mol. The summed E-state index contributed by atoms with van der Waals surface area (Å²) in [6.45, 7) is 8.63. The van der Waals surface area contributed by atoms with Crippen molar-refractivity contribution in [3.63, 3.8) is 0 Å². The lowest BCUT2D eigenvalue weighted by Gasteiger charge is -2.28. The third kappa shape index (κ3) is 7.36. The lowest BCUT2D eigenvalue weighted by Crippen LogP contribution is -2.16. The van der Waals surface area contributed by atoms with Crippen LogP contribution in [0.15, 0.2) is 188 Å². The molecule has 0 amide bonds. The first kappa shape index (κ1) is 39.9. The molecule has 0 bridgehead atoms. The summed E-state index contributed by atoms with van der Waals surface area (Å²) in [5, 5.41) is 0. The van der Waals surface area contributed by atoms with Crippen molar-refractivity contribution >= 4 is 29.0 Å². The molecule has 62 heavy (non-hydrogen) atoms. The van der Waals surface area contributed by atoms with Crippen molar-refractivity contribution in [3.05, 3.63) is 210 Å². The second-order valence-electron chi connectivity index (χ2n) is 16.0. The van der Waals surface area contributed by atoms with E-state index in [-0.39, 0.29) is 18.6 Å². The molecule has 0 fully saturated rings. The summed E-state index contributed by atoms with van der Waals surface area (Å²) < 4.78 is 11.2. The van der Waals surface area contributed by atoms with Crippen LogP contribution in [0.25, 0.3) is 55.6 Å². The van der Waals surface area contributed by atoms with Crippen molar-refractivity contribution in [1.82, 2.24) is 0 Å². The molecular weight excluding hydrogens is 763 g/mol. The zero-order chi connectivity index (χ0) is 42.8. The quantitative estimate of drug-likeness (QED) is 0.122. The van der Waals surface area contributed by atoms with Crippen LogP contribution in [-0.4, -0.2) is 25.2 Å². The minimum absolute atomic E-state index is 0.160. The van der Waals surface area contributed by atoms with Gasteiger partial charge in [-0.15, -0.1) is 0 Å². The number of carbonyl (C=O) groups excluding carboxylic acids is 2. The fourth-order valence-electron chi connectivity index (χ4n) is 8.91. The fraction of sp³-hybridized carbons (Fsp3) is 0.123. The summed E-state index contributed by atoms with van der Waals surface area (Å²) in [5.74, 6) is -0.921. The van der Waals surface area contributed by atoms with Crippen LogP contribution in [0.4, 0.5) is 17.1 Å². The molecule has 0 saturated carbocycles. The van der Waals surface area contributed by atoms with Crippen LogP contribution in [0.1, 0.15) is 59.5 Å². The van der Waals surface area contributed by atoms with E-state index in [9.17, 15) is 9.59 Å². The average molecular weight is 810 g/mol. The molecular formula is C57H47NO4. The maximum Gasteiger partial charge on any atom is 0.338 e. The lowest BCUT2D eigenvalue weighted by molar-refractivity contribution is 0.0513. The van der Waals surface area contributed by atoms with Crippen molar-refractivity contribution in [2.75, 3.05) is 18.1 Å². The smallest absolute Gasteiger partial charge is 0.338 e. The first-order valence-corrected chi connectivity index (χ1v) is 21.2. The fourth-order valence-corrected chi connectivity index (χ4v) is 8.91. The zero-order valence-corrected chi connectivity index (χ0v) is 35.4. The molecule has 0 N–H and O–H groups in total. The molecule has 304 valence electrons. The second kappa shape index (κ2) is 16.9. The van der Waals surface area contributed by atoms with E-state index in [2.05, 4.69) is 140 Å². The van der Waals surface area contributed by atoms with Gasteiger partial charge in [-0.3, -0.25) is 0 Å². The topological polar surface area (TPSA) is 55.8 Å². The van der Waals surface area contributed by atoms with Crippen molar-refractivity contribution in [3.8, 4) is 55.6 Å². The average Bonchev–Trinajstić information content (AvgIpc) is 3.55. The summed E-state index contributed by atoms with van der Waals surface area (Å²) in [7, 11) is 0. The molecule has 0 aromatic heterocycles. The summed E-state index contributed by atoms with van der Waals surface area (Å²) in [5.41, 5.74) is 15.8. The monoisotopic (exact) mass is 809 g/mol. The first-order valence-electron chi connectivity index (χ1n) is 21.2. The highest BCUT2D eigenvalue weighted by Gasteiger charge is 2.36.